The summed E-state index contributed by atoms with van der Waals surface area (Å²) in [5.41, 5.74) is 2.29. The van der Waals surface area contributed by atoms with Gasteiger partial charge in [0.05, 0.1) is 0 Å². The number of aryl methyl sites for hydroxylation is 2. The highest BCUT2D eigenvalue weighted by atomic mass is 79.9. The largest absolute Gasteiger partial charge is 0.268 e. The Morgan fingerprint density at radius 2 is 1.71 bits per heavy atom. The molecule has 1 N–H and O–H groups in total. The van der Waals surface area contributed by atoms with Gasteiger partial charge in [-0.15, -0.1) is 0 Å². The molecule has 0 heterocycles. The van der Waals surface area contributed by atoms with Gasteiger partial charge in [-0.05, 0) is 65.2 Å². The van der Waals surface area contributed by atoms with Crippen molar-refractivity contribution in [2.24, 2.45) is 0 Å². The SMILES string of the molecule is Cc1ccc(C(=O)NS(=O)(=O)c2ccccc2Br)cc1C. The van der Waals surface area contributed by atoms with E-state index in [9.17, 15) is 13.2 Å². The van der Waals surface area contributed by atoms with Crippen molar-refractivity contribution < 1.29 is 13.2 Å². The maximum Gasteiger partial charge on any atom is 0.265 e. The van der Waals surface area contributed by atoms with Crippen molar-refractivity contribution in [2.75, 3.05) is 0 Å². The minimum Gasteiger partial charge on any atom is -0.268 e. The smallest absolute Gasteiger partial charge is 0.265 e. The van der Waals surface area contributed by atoms with Gasteiger partial charge in [0.25, 0.3) is 15.9 Å². The summed E-state index contributed by atoms with van der Waals surface area (Å²) in [6.45, 7) is 3.79. The fraction of sp³-hybridized carbons (Fsp3) is 0.133. The highest BCUT2D eigenvalue weighted by Gasteiger charge is 2.21. The molecular weight excluding hydrogens is 354 g/mol. The lowest BCUT2D eigenvalue weighted by atomic mass is 10.1. The van der Waals surface area contributed by atoms with Gasteiger partial charge in [0.15, 0.2) is 0 Å². The second-order valence-corrected chi connectivity index (χ2v) is 7.17. The minimum absolute atomic E-state index is 0.0298. The third-order valence-electron chi connectivity index (χ3n) is 3.12. The molecular formula is C15H14BrNO3S. The highest BCUT2D eigenvalue weighted by Crippen LogP contribution is 2.21. The van der Waals surface area contributed by atoms with Gasteiger partial charge in [0.1, 0.15) is 4.90 Å². The van der Waals surface area contributed by atoms with Crippen LogP contribution in [-0.4, -0.2) is 14.3 Å². The van der Waals surface area contributed by atoms with Crippen molar-refractivity contribution in [2.45, 2.75) is 18.7 Å². The summed E-state index contributed by atoms with van der Waals surface area (Å²) in [6.07, 6.45) is 0. The first kappa shape index (κ1) is 15.7. The lowest BCUT2D eigenvalue weighted by Gasteiger charge is -2.09. The van der Waals surface area contributed by atoms with Crippen LogP contribution in [0.2, 0.25) is 0 Å². The van der Waals surface area contributed by atoms with E-state index >= 15 is 0 Å². The number of benzene rings is 2. The van der Waals surface area contributed by atoms with Gasteiger partial charge < -0.3 is 0 Å². The molecule has 2 aromatic carbocycles. The molecule has 0 spiro atoms. The number of nitrogens with one attached hydrogen (secondary N) is 1. The number of hydrogen-bond acceptors (Lipinski definition) is 3. The molecule has 21 heavy (non-hydrogen) atoms. The number of sulfonamides is 1. The fourth-order valence-corrected chi connectivity index (χ4v) is 3.76. The van der Waals surface area contributed by atoms with E-state index in [1.54, 1.807) is 36.4 Å². The van der Waals surface area contributed by atoms with E-state index in [0.717, 1.165) is 11.1 Å². The van der Waals surface area contributed by atoms with Gasteiger partial charge in [0.2, 0.25) is 0 Å². The van der Waals surface area contributed by atoms with E-state index in [1.165, 1.54) is 6.07 Å². The number of carbonyl (C=O) groups is 1. The molecule has 6 heteroatoms. The standard InChI is InChI=1S/C15H14BrNO3S/c1-10-7-8-12(9-11(10)2)15(18)17-21(19,20)14-6-4-3-5-13(14)16/h3-9H,1-2H3,(H,17,18). The van der Waals surface area contributed by atoms with Gasteiger partial charge in [-0.1, -0.05) is 18.2 Å². The zero-order chi connectivity index (χ0) is 15.6. The Labute approximate surface area is 132 Å². The van der Waals surface area contributed by atoms with Gasteiger partial charge >= 0.3 is 0 Å². The topological polar surface area (TPSA) is 63.2 Å². The van der Waals surface area contributed by atoms with Crippen LogP contribution in [0.25, 0.3) is 0 Å². The lowest BCUT2D eigenvalue weighted by Crippen LogP contribution is -2.30. The molecule has 0 atom stereocenters. The van der Waals surface area contributed by atoms with Crippen LogP contribution in [0.5, 0.6) is 0 Å². The first-order valence-corrected chi connectivity index (χ1v) is 8.48. The van der Waals surface area contributed by atoms with Crippen molar-refractivity contribution in [3.05, 3.63) is 63.6 Å². The Morgan fingerprint density at radius 1 is 1.05 bits per heavy atom. The number of halogens is 1. The van der Waals surface area contributed by atoms with Crippen molar-refractivity contribution >= 4 is 31.9 Å². The molecule has 0 radical (unpaired) electrons. The molecule has 0 aliphatic heterocycles. The van der Waals surface area contributed by atoms with E-state index < -0.39 is 15.9 Å². The Kier molecular flexibility index (Phi) is 4.49. The summed E-state index contributed by atoms with van der Waals surface area (Å²) in [6, 6.07) is 11.4. The number of rotatable bonds is 3. The van der Waals surface area contributed by atoms with E-state index in [1.807, 2.05) is 13.8 Å². The average molecular weight is 368 g/mol. The van der Waals surface area contributed by atoms with Crippen LogP contribution >= 0.6 is 15.9 Å². The zero-order valence-corrected chi connectivity index (χ0v) is 14.0. The van der Waals surface area contributed by atoms with Crippen molar-refractivity contribution in [3.8, 4) is 0 Å². The van der Waals surface area contributed by atoms with Gasteiger partial charge in [-0.3, -0.25) is 4.79 Å². The highest BCUT2D eigenvalue weighted by molar-refractivity contribution is 9.10. The first-order valence-electron chi connectivity index (χ1n) is 6.20. The van der Waals surface area contributed by atoms with Crippen molar-refractivity contribution in [3.63, 3.8) is 0 Å². The van der Waals surface area contributed by atoms with Gasteiger partial charge in [-0.2, -0.15) is 0 Å². The summed E-state index contributed by atoms with van der Waals surface area (Å²) >= 11 is 3.17. The van der Waals surface area contributed by atoms with E-state index in [4.69, 9.17) is 0 Å². The van der Waals surface area contributed by atoms with Crippen LogP contribution in [0.15, 0.2) is 51.8 Å². The van der Waals surface area contributed by atoms with Gasteiger partial charge in [0, 0.05) is 10.0 Å². The predicted octanol–water partition coefficient (Wildman–Crippen LogP) is 3.18. The summed E-state index contributed by atoms with van der Waals surface area (Å²) in [4.78, 5) is 12.1. The van der Waals surface area contributed by atoms with Crippen LogP contribution in [0.3, 0.4) is 0 Å². The maximum atomic E-state index is 12.2. The molecule has 0 bridgehead atoms. The minimum atomic E-state index is -3.91. The third-order valence-corrected chi connectivity index (χ3v) is 5.47. The summed E-state index contributed by atoms with van der Waals surface area (Å²) in [7, 11) is -3.91. The van der Waals surface area contributed by atoms with Crippen LogP contribution in [0.4, 0.5) is 0 Å². The monoisotopic (exact) mass is 367 g/mol. The number of carbonyl (C=O) groups excluding carboxylic acids is 1. The Morgan fingerprint density at radius 3 is 2.33 bits per heavy atom. The third kappa shape index (κ3) is 3.51. The molecule has 0 fully saturated rings. The molecule has 0 saturated carbocycles. The molecule has 110 valence electrons. The Bertz CT molecular complexity index is 800. The summed E-state index contributed by atoms with van der Waals surface area (Å²) < 4.78 is 26.9. The molecule has 4 nitrogen and oxygen atoms in total. The molecule has 2 rings (SSSR count). The molecule has 0 unspecified atom stereocenters. The van der Waals surface area contributed by atoms with Crippen LogP contribution in [0.1, 0.15) is 21.5 Å². The fourth-order valence-electron chi connectivity index (χ4n) is 1.78. The van der Waals surface area contributed by atoms with Crippen LogP contribution in [0, 0.1) is 13.8 Å². The van der Waals surface area contributed by atoms with Crippen molar-refractivity contribution in [1.29, 1.82) is 0 Å². The van der Waals surface area contributed by atoms with Crippen LogP contribution in [-0.2, 0) is 10.0 Å². The molecule has 0 saturated heterocycles. The Hall–Kier alpha value is -1.66. The zero-order valence-electron chi connectivity index (χ0n) is 11.6. The van der Waals surface area contributed by atoms with Crippen LogP contribution < -0.4 is 4.72 Å². The van der Waals surface area contributed by atoms with E-state index in [-0.39, 0.29) is 4.90 Å². The second kappa shape index (κ2) is 5.99. The molecule has 1 amide bonds. The van der Waals surface area contributed by atoms with Gasteiger partial charge in [-0.25, -0.2) is 13.1 Å². The number of amides is 1. The number of hydrogen-bond donors (Lipinski definition) is 1. The second-order valence-electron chi connectivity index (χ2n) is 4.66. The quantitative estimate of drug-likeness (QED) is 0.905. The lowest BCUT2D eigenvalue weighted by molar-refractivity contribution is 0.0981. The first-order chi connectivity index (χ1) is 9.81. The molecule has 0 aromatic heterocycles. The Balaban J connectivity index is 2.30. The summed E-state index contributed by atoms with van der Waals surface area (Å²) in [5, 5.41) is 0. The average Bonchev–Trinajstić information content (AvgIpc) is 2.41. The molecule has 2 aromatic rings. The normalized spacial score (nSPS) is 11.2. The van der Waals surface area contributed by atoms with Crippen molar-refractivity contribution in [1.82, 2.24) is 4.72 Å². The maximum absolute atomic E-state index is 12.2. The molecule has 0 aliphatic rings. The van der Waals surface area contributed by atoms with E-state index in [2.05, 4.69) is 20.7 Å². The van der Waals surface area contributed by atoms with E-state index in [0.29, 0.717) is 10.0 Å². The molecule has 0 aliphatic carbocycles. The predicted molar refractivity (Wildman–Crippen MR) is 84.7 cm³/mol. The summed E-state index contributed by atoms with van der Waals surface area (Å²) in [5.74, 6) is -0.645.